The summed E-state index contributed by atoms with van der Waals surface area (Å²) in [6.07, 6.45) is 2.30. The van der Waals surface area contributed by atoms with Gasteiger partial charge >= 0.3 is 0 Å². The van der Waals surface area contributed by atoms with E-state index in [0.29, 0.717) is 11.1 Å². The highest BCUT2D eigenvalue weighted by Gasteiger charge is 2.24. The van der Waals surface area contributed by atoms with Crippen LogP contribution in [0.2, 0.25) is 5.15 Å². The molecule has 94 valence electrons. The molecule has 0 saturated carbocycles. The quantitative estimate of drug-likeness (QED) is 0.849. The highest BCUT2D eigenvalue weighted by Crippen LogP contribution is 2.36. The summed E-state index contributed by atoms with van der Waals surface area (Å²) in [6, 6.07) is 7.16. The summed E-state index contributed by atoms with van der Waals surface area (Å²) in [5, 5.41) is 10.2. The lowest BCUT2D eigenvalue weighted by Gasteiger charge is -2.22. The molecule has 0 amide bonds. The highest BCUT2D eigenvalue weighted by molar-refractivity contribution is 6.30. The van der Waals surface area contributed by atoms with Crippen LogP contribution in [-0.4, -0.2) is 14.7 Å². The number of imidazole rings is 1. The summed E-state index contributed by atoms with van der Waals surface area (Å²) in [5.41, 5.74) is 2.04. The number of hydrogen-bond acceptors (Lipinski definition) is 2. The first-order valence-electron chi connectivity index (χ1n) is 6.22. The lowest BCUT2D eigenvalue weighted by molar-refractivity contribution is 0.473. The monoisotopic (exact) mass is 262 g/mol. The van der Waals surface area contributed by atoms with E-state index >= 15 is 0 Å². The molecule has 4 heteroatoms. The molecule has 1 atom stereocenters. The van der Waals surface area contributed by atoms with Gasteiger partial charge in [0, 0.05) is 12.1 Å². The number of aromatic hydroxyl groups is 1. The van der Waals surface area contributed by atoms with Crippen LogP contribution in [0.4, 0.5) is 0 Å². The van der Waals surface area contributed by atoms with Crippen LogP contribution in [0.15, 0.2) is 24.3 Å². The Hall–Kier alpha value is -1.48. The van der Waals surface area contributed by atoms with E-state index in [9.17, 15) is 5.11 Å². The predicted octanol–water partition coefficient (Wildman–Crippen LogP) is 3.81. The van der Waals surface area contributed by atoms with Crippen LogP contribution in [0, 0.1) is 0 Å². The van der Waals surface area contributed by atoms with Crippen molar-refractivity contribution in [3.8, 4) is 17.1 Å². The molecule has 1 aliphatic heterocycles. The third-order valence-electron chi connectivity index (χ3n) is 3.55. The first-order valence-corrected chi connectivity index (χ1v) is 6.60. The SMILES string of the molecule is CC1CCCn2c(-c3cccc(O)c3)nc(Cl)c21. The number of nitrogens with zero attached hydrogens (tertiary/aromatic N) is 2. The summed E-state index contributed by atoms with van der Waals surface area (Å²) < 4.78 is 2.19. The molecular formula is C14H15ClN2O. The van der Waals surface area contributed by atoms with Gasteiger partial charge in [-0.2, -0.15) is 0 Å². The Balaban J connectivity index is 2.16. The average molecular weight is 263 g/mol. The Morgan fingerprint density at radius 2 is 2.28 bits per heavy atom. The number of benzene rings is 1. The van der Waals surface area contributed by atoms with Gasteiger partial charge in [-0.25, -0.2) is 4.98 Å². The van der Waals surface area contributed by atoms with Crippen LogP contribution in [0.3, 0.4) is 0 Å². The second-order valence-corrected chi connectivity index (χ2v) is 5.21. The topological polar surface area (TPSA) is 38.0 Å². The van der Waals surface area contributed by atoms with Gasteiger partial charge in [-0.15, -0.1) is 0 Å². The van der Waals surface area contributed by atoms with Gasteiger partial charge in [-0.1, -0.05) is 30.7 Å². The van der Waals surface area contributed by atoms with E-state index in [0.717, 1.165) is 36.5 Å². The third-order valence-corrected chi connectivity index (χ3v) is 3.83. The second kappa shape index (κ2) is 4.32. The third kappa shape index (κ3) is 1.79. The van der Waals surface area contributed by atoms with Crippen molar-refractivity contribution in [3.05, 3.63) is 35.1 Å². The molecule has 3 nitrogen and oxygen atoms in total. The number of hydrogen-bond donors (Lipinski definition) is 1. The lowest BCUT2D eigenvalue weighted by Crippen LogP contribution is -2.14. The molecule has 18 heavy (non-hydrogen) atoms. The molecule has 1 unspecified atom stereocenters. The van der Waals surface area contributed by atoms with Crippen LogP contribution in [0.25, 0.3) is 11.4 Å². The number of aromatic nitrogens is 2. The molecular weight excluding hydrogens is 248 g/mol. The molecule has 3 rings (SSSR count). The molecule has 1 aromatic carbocycles. The van der Waals surface area contributed by atoms with E-state index in [4.69, 9.17) is 11.6 Å². The standard InChI is InChI=1S/C14H15ClN2O/c1-9-4-3-7-17-12(9)13(15)16-14(17)10-5-2-6-11(18)8-10/h2,5-6,8-9,18H,3-4,7H2,1H3. The van der Waals surface area contributed by atoms with E-state index in [1.165, 1.54) is 0 Å². The van der Waals surface area contributed by atoms with Crippen molar-refractivity contribution >= 4 is 11.6 Å². The zero-order valence-electron chi connectivity index (χ0n) is 10.2. The Kier molecular flexibility index (Phi) is 2.78. The van der Waals surface area contributed by atoms with Crippen molar-refractivity contribution < 1.29 is 5.11 Å². The fourth-order valence-corrected chi connectivity index (χ4v) is 3.06. The molecule has 1 N–H and O–H groups in total. The van der Waals surface area contributed by atoms with Gasteiger partial charge in [0.1, 0.15) is 11.6 Å². The molecule has 0 saturated heterocycles. The van der Waals surface area contributed by atoms with Crippen molar-refractivity contribution in [3.63, 3.8) is 0 Å². The summed E-state index contributed by atoms with van der Waals surface area (Å²) in [5.74, 6) is 1.56. The van der Waals surface area contributed by atoms with Gasteiger partial charge in [-0.05, 0) is 30.9 Å². The Labute approximate surface area is 111 Å². The van der Waals surface area contributed by atoms with Crippen LogP contribution in [-0.2, 0) is 6.54 Å². The van der Waals surface area contributed by atoms with E-state index in [2.05, 4.69) is 16.5 Å². The lowest BCUT2D eigenvalue weighted by atomic mass is 9.98. The Morgan fingerprint density at radius 1 is 1.44 bits per heavy atom. The maximum atomic E-state index is 9.57. The number of phenols is 1. The van der Waals surface area contributed by atoms with Gasteiger partial charge in [0.15, 0.2) is 5.15 Å². The molecule has 0 aliphatic carbocycles. The summed E-state index contributed by atoms with van der Waals surface area (Å²) in [7, 11) is 0. The minimum absolute atomic E-state index is 0.254. The van der Waals surface area contributed by atoms with Crippen molar-refractivity contribution in [1.29, 1.82) is 0 Å². The van der Waals surface area contributed by atoms with Gasteiger partial charge in [-0.3, -0.25) is 0 Å². The van der Waals surface area contributed by atoms with Crippen LogP contribution < -0.4 is 0 Å². The molecule has 0 fully saturated rings. The zero-order valence-corrected chi connectivity index (χ0v) is 11.0. The maximum absolute atomic E-state index is 9.57. The van der Waals surface area contributed by atoms with Crippen LogP contribution in [0.1, 0.15) is 31.4 Å². The fraction of sp³-hybridized carbons (Fsp3) is 0.357. The molecule has 0 spiro atoms. The van der Waals surface area contributed by atoms with E-state index in [1.54, 1.807) is 12.1 Å². The number of halogens is 1. The van der Waals surface area contributed by atoms with Crippen molar-refractivity contribution in [2.45, 2.75) is 32.2 Å². The van der Waals surface area contributed by atoms with Crippen molar-refractivity contribution in [2.24, 2.45) is 0 Å². The molecule has 1 aromatic heterocycles. The van der Waals surface area contributed by atoms with Gasteiger partial charge < -0.3 is 9.67 Å². The first-order chi connectivity index (χ1) is 8.66. The normalized spacial score (nSPS) is 18.7. The van der Waals surface area contributed by atoms with Crippen LogP contribution in [0.5, 0.6) is 5.75 Å². The van der Waals surface area contributed by atoms with E-state index in [-0.39, 0.29) is 5.75 Å². The number of fused-ring (bicyclic) bond motifs is 1. The van der Waals surface area contributed by atoms with E-state index in [1.807, 2.05) is 12.1 Å². The number of phenolic OH excluding ortho intramolecular Hbond substituents is 1. The summed E-state index contributed by atoms with van der Waals surface area (Å²) in [4.78, 5) is 4.47. The second-order valence-electron chi connectivity index (χ2n) is 4.86. The summed E-state index contributed by atoms with van der Waals surface area (Å²) in [6.45, 7) is 3.13. The molecule has 0 bridgehead atoms. The highest BCUT2D eigenvalue weighted by atomic mass is 35.5. The first kappa shape index (κ1) is 11.6. The van der Waals surface area contributed by atoms with Crippen molar-refractivity contribution in [2.75, 3.05) is 0 Å². The molecule has 1 aliphatic rings. The number of rotatable bonds is 1. The maximum Gasteiger partial charge on any atom is 0.151 e. The molecule has 2 heterocycles. The Morgan fingerprint density at radius 3 is 3.06 bits per heavy atom. The summed E-state index contributed by atoms with van der Waals surface area (Å²) >= 11 is 6.25. The van der Waals surface area contributed by atoms with Gasteiger partial charge in [0.2, 0.25) is 0 Å². The Bertz CT molecular complexity index is 591. The minimum atomic E-state index is 0.254. The van der Waals surface area contributed by atoms with E-state index < -0.39 is 0 Å². The van der Waals surface area contributed by atoms with Crippen molar-refractivity contribution in [1.82, 2.24) is 9.55 Å². The zero-order chi connectivity index (χ0) is 12.7. The average Bonchev–Trinajstić information content (AvgIpc) is 2.68. The van der Waals surface area contributed by atoms with Gasteiger partial charge in [0.05, 0.1) is 5.69 Å². The largest absolute Gasteiger partial charge is 0.508 e. The predicted molar refractivity (Wildman–Crippen MR) is 72.0 cm³/mol. The molecule has 2 aromatic rings. The van der Waals surface area contributed by atoms with Gasteiger partial charge in [0.25, 0.3) is 0 Å². The minimum Gasteiger partial charge on any atom is -0.508 e. The molecule has 0 radical (unpaired) electrons. The van der Waals surface area contributed by atoms with Crippen LogP contribution >= 0.6 is 11.6 Å². The smallest absolute Gasteiger partial charge is 0.151 e. The fourth-order valence-electron chi connectivity index (χ4n) is 2.69.